The third-order valence-electron chi connectivity index (χ3n) is 4.61. The summed E-state index contributed by atoms with van der Waals surface area (Å²) in [7, 11) is 0. The van der Waals surface area contributed by atoms with Gasteiger partial charge >= 0.3 is 0 Å². The van der Waals surface area contributed by atoms with Crippen LogP contribution < -0.4 is 11.1 Å². The Morgan fingerprint density at radius 3 is 2.32 bits per heavy atom. The lowest BCUT2D eigenvalue weighted by Gasteiger charge is -2.32. The maximum absolute atomic E-state index is 12.2. The standard InChI is InChI=1S/C15H28N2O2/c16-15(8-10-19-11-9-15)14(18)17-12-13-6-4-2-1-3-5-7-13/h13H,1-12,16H2,(H,17,18). The minimum atomic E-state index is -0.695. The molecule has 0 spiro atoms. The molecule has 1 saturated heterocycles. The molecule has 2 rings (SSSR count). The zero-order valence-electron chi connectivity index (χ0n) is 12.0. The first-order valence-electron chi connectivity index (χ1n) is 7.86. The van der Waals surface area contributed by atoms with Crippen LogP contribution in [0.25, 0.3) is 0 Å². The lowest BCUT2D eigenvalue weighted by atomic mass is 9.88. The summed E-state index contributed by atoms with van der Waals surface area (Å²) in [4.78, 5) is 12.2. The van der Waals surface area contributed by atoms with Crippen LogP contribution in [0.15, 0.2) is 0 Å². The molecule has 0 radical (unpaired) electrons. The predicted molar refractivity (Wildman–Crippen MR) is 75.8 cm³/mol. The van der Waals surface area contributed by atoms with Gasteiger partial charge in [-0.1, -0.05) is 32.1 Å². The van der Waals surface area contributed by atoms with E-state index in [0.717, 1.165) is 6.54 Å². The minimum absolute atomic E-state index is 0.0258. The quantitative estimate of drug-likeness (QED) is 0.822. The van der Waals surface area contributed by atoms with Crippen LogP contribution in [0.5, 0.6) is 0 Å². The lowest BCUT2D eigenvalue weighted by molar-refractivity contribution is -0.130. The normalized spacial score (nSPS) is 25.3. The topological polar surface area (TPSA) is 64.4 Å². The molecule has 2 aliphatic rings. The zero-order valence-corrected chi connectivity index (χ0v) is 12.0. The van der Waals surface area contributed by atoms with Crippen molar-refractivity contribution >= 4 is 5.91 Å². The van der Waals surface area contributed by atoms with Gasteiger partial charge in [0.25, 0.3) is 0 Å². The van der Waals surface area contributed by atoms with Crippen LogP contribution >= 0.6 is 0 Å². The predicted octanol–water partition coefficient (Wildman–Crippen LogP) is 1.97. The van der Waals surface area contributed by atoms with Gasteiger partial charge in [-0.05, 0) is 31.6 Å². The number of carbonyl (C=O) groups is 1. The van der Waals surface area contributed by atoms with Gasteiger partial charge in [0.15, 0.2) is 0 Å². The number of amides is 1. The molecule has 1 aliphatic carbocycles. The van der Waals surface area contributed by atoms with Gasteiger partial charge in [0.2, 0.25) is 5.91 Å². The summed E-state index contributed by atoms with van der Waals surface area (Å²) in [6.45, 7) is 2.01. The molecule has 0 aromatic heterocycles. The summed E-state index contributed by atoms with van der Waals surface area (Å²) in [5.41, 5.74) is 5.49. The second kappa shape index (κ2) is 7.25. The Morgan fingerprint density at radius 2 is 1.68 bits per heavy atom. The van der Waals surface area contributed by atoms with E-state index in [1.54, 1.807) is 0 Å². The maximum Gasteiger partial charge on any atom is 0.240 e. The van der Waals surface area contributed by atoms with E-state index in [9.17, 15) is 4.79 Å². The van der Waals surface area contributed by atoms with Gasteiger partial charge in [0.1, 0.15) is 0 Å². The highest BCUT2D eigenvalue weighted by Crippen LogP contribution is 2.22. The van der Waals surface area contributed by atoms with E-state index >= 15 is 0 Å². The van der Waals surface area contributed by atoms with Crippen LogP contribution in [0.3, 0.4) is 0 Å². The average Bonchev–Trinajstić information content (AvgIpc) is 2.38. The van der Waals surface area contributed by atoms with Crippen molar-refractivity contribution in [3.63, 3.8) is 0 Å². The number of nitrogens with two attached hydrogens (primary N) is 1. The number of ether oxygens (including phenoxy) is 1. The number of carbonyl (C=O) groups excluding carboxylic acids is 1. The van der Waals surface area contributed by atoms with Gasteiger partial charge < -0.3 is 15.8 Å². The Kier molecular flexibility index (Phi) is 5.64. The highest BCUT2D eigenvalue weighted by molar-refractivity contribution is 5.86. The van der Waals surface area contributed by atoms with Crippen molar-refractivity contribution in [1.82, 2.24) is 5.32 Å². The molecule has 1 amide bonds. The van der Waals surface area contributed by atoms with Gasteiger partial charge in [-0.3, -0.25) is 4.79 Å². The fourth-order valence-corrected chi connectivity index (χ4v) is 3.12. The summed E-state index contributed by atoms with van der Waals surface area (Å²) >= 11 is 0. The molecule has 1 aliphatic heterocycles. The van der Waals surface area contributed by atoms with E-state index in [2.05, 4.69) is 5.32 Å². The van der Waals surface area contributed by atoms with Crippen molar-refractivity contribution in [3.05, 3.63) is 0 Å². The van der Waals surface area contributed by atoms with E-state index in [-0.39, 0.29) is 5.91 Å². The molecule has 4 heteroatoms. The van der Waals surface area contributed by atoms with Crippen LogP contribution in [0.1, 0.15) is 57.8 Å². The number of hydrogen-bond acceptors (Lipinski definition) is 3. The fraction of sp³-hybridized carbons (Fsp3) is 0.933. The number of hydrogen-bond donors (Lipinski definition) is 2. The van der Waals surface area contributed by atoms with Crippen LogP contribution in [0, 0.1) is 5.92 Å². The van der Waals surface area contributed by atoms with E-state index in [1.165, 1.54) is 44.9 Å². The first-order chi connectivity index (χ1) is 9.21. The molecule has 1 heterocycles. The molecule has 0 aromatic rings. The van der Waals surface area contributed by atoms with Crippen molar-refractivity contribution in [1.29, 1.82) is 0 Å². The van der Waals surface area contributed by atoms with E-state index in [1.807, 2.05) is 0 Å². The molecule has 1 saturated carbocycles. The van der Waals surface area contributed by atoms with Crippen molar-refractivity contribution in [2.24, 2.45) is 11.7 Å². The Morgan fingerprint density at radius 1 is 1.11 bits per heavy atom. The second-order valence-electron chi connectivity index (χ2n) is 6.19. The van der Waals surface area contributed by atoms with Crippen molar-refractivity contribution in [2.45, 2.75) is 63.3 Å². The van der Waals surface area contributed by atoms with E-state index < -0.39 is 5.54 Å². The SMILES string of the molecule is NC1(C(=O)NCC2CCCCCCC2)CCOCC1. The molecule has 19 heavy (non-hydrogen) atoms. The summed E-state index contributed by atoms with van der Waals surface area (Å²) < 4.78 is 5.28. The van der Waals surface area contributed by atoms with Crippen molar-refractivity contribution < 1.29 is 9.53 Å². The summed E-state index contributed by atoms with van der Waals surface area (Å²) in [5, 5.41) is 3.09. The molecular formula is C15H28N2O2. The number of rotatable bonds is 3. The number of nitrogens with one attached hydrogen (secondary N) is 1. The van der Waals surface area contributed by atoms with E-state index in [0.29, 0.717) is 32.0 Å². The second-order valence-corrected chi connectivity index (χ2v) is 6.19. The molecule has 0 aromatic carbocycles. The molecule has 0 atom stereocenters. The molecule has 2 fully saturated rings. The molecule has 110 valence electrons. The largest absolute Gasteiger partial charge is 0.381 e. The lowest BCUT2D eigenvalue weighted by Crippen LogP contribution is -2.57. The Labute approximate surface area is 116 Å². The smallest absolute Gasteiger partial charge is 0.240 e. The minimum Gasteiger partial charge on any atom is -0.381 e. The van der Waals surface area contributed by atoms with Gasteiger partial charge in [-0.25, -0.2) is 0 Å². The van der Waals surface area contributed by atoms with Crippen molar-refractivity contribution in [2.75, 3.05) is 19.8 Å². The summed E-state index contributed by atoms with van der Waals surface area (Å²) in [5.74, 6) is 0.672. The summed E-state index contributed by atoms with van der Waals surface area (Å²) in [6.07, 6.45) is 10.5. The van der Waals surface area contributed by atoms with Crippen LogP contribution in [0.2, 0.25) is 0 Å². The highest BCUT2D eigenvalue weighted by atomic mass is 16.5. The molecule has 3 N–H and O–H groups in total. The van der Waals surface area contributed by atoms with Gasteiger partial charge in [0.05, 0.1) is 5.54 Å². The van der Waals surface area contributed by atoms with Crippen LogP contribution in [0.4, 0.5) is 0 Å². The molecule has 0 bridgehead atoms. The zero-order chi connectivity index (χ0) is 13.6. The van der Waals surface area contributed by atoms with Gasteiger partial charge in [-0.2, -0.15) is 0 Å². The summed E-state index contributed by atoms with van der Waals surface area (Å²) in [6, 6.07) is 0. The third kappa shape index (κ3) is 4.46. The van der Waals surface area contributed by atoms with Crippen LogP contribution in [-0.2, 0) is 9.53 Å². The van der Waals surface area contributed by atoms with Crippen LogP contribution in [-0.4, -0.2) is 31.2 Å². The van der Waals surface area contributed by atoms with Crippen molar-refractivity contribution in [3.8, 4) is 0 Å². The van der Waals surface area contributed by atoms with E-state index in [4.69, 9.17) is 10.5 Å². The first kappa shape index (κ1) is 14.8. The Hall–Kier alpha value is -0.610. The fourth-order valence-electron chi connectivity index (χ4n) is 3.12. The average molecular weight is 268 g/mol. The third-order valence-corrected chi connectivity index (χ3v) is 4.61. The maximum atomic E-state index is 12.2. The molecule has 4 nitrogen and oxygen atoms in total. The van der Waals surface area contributed by atoms with Gasteiger partial charge in [0, 0.05) is 19.8 Å². The first-order valence-corrected chi connectivity index (χ1v) is 7.86. The molecule has 0 unspecified atom stereocenters. The Bertz CT molecular complexity index is 280. The van der Waals surface area contributed by atoms with Gasteiger partial charge in [-0.15, -0.1) is 0 Å². The monoisotopic (exact) mass is 268 g/mol. The highest BCUT2D eigenvalue weighted by Gasteiger charge is 2.35. The molecular weight excluding hydrogens is 240 g/mol. The Balaban J connectivity index is 1.75.